The molecule has 2 N–H and O–H groups in total. The summed E-state index contributed by atoms with van der Waals surface area (Å²) >= 11 is 2.14. The number of nitro groups is 1. The maximum Gasteiger partial charge on any atom is 0.317 e. The lowest BCUT2D eigenvalue weighted by atomic mass is 9.80. The summed E-state index contributed by atoms with van der Waals surface area (Å²) in [7, 11) is 0. The first kappa shape index (κ1) is 19.5. The zero-order valence-corrected chi connectivity index (χ0v) is 17.2. The normalized spacial score (nSPS) is 21.3. The van der Waals surface area contributed by atoms with Crippen molar-refractivity contribution >= 4 is 46.3 Å². The fourth-order valence-electron chi connectivity index (χ4n) is 3.85. The first-order valence-corrected chi connectivity index (χ1v) is 10.9. The van der Waals surface area contributed by atoms with E-state index in [1.165, 1.54) is 24.3 Å². The second kappa shape index (κ2) is 7.36. The summed E-state index contributed by atoms with van der Waals surface area (Å²) in [6.45, 7) is 0. The molecule has 31 heavy (non-hydrogen) atoms. The molecule has 3 heterocycles. The van der Waals surface area contributed by atoms with Gasteiger partial charge in [-0.3, -0.25) is 24.5 Å². The van der Waals surface area contributed by atoms with E-state index in [4.69, 9.17) is 4.74 Å². The standard InChI is InChI=1S/C20H13N3O6S2/c24-17(21-9-5-7-10(8-6-9)23(27)28)15-14-13(16-18(30-15)22-20(26)31-16)11-3-1-2-4-12(11)29-19(14)25/h1-8,13-15H,(H,21,24)(H,22,26)/t13-,14+,15-/m1/s1. The summed E-state index contributed by atoms with van der Waals surface area (Å²) in [5, 5.41) is 13.2. The molecule has 0 saturated heterocycles. The number of carbonyl (C=O) groups excluding carboxylic acids is 2. The Morgan fingerprint density at radius 3 is 2.61 bits per heavy atom. The van der Waals surface area contributed by atoms with Gasteiger partial charge in [0.2, 0.25) is 5.91 Å². The van der Waals surface area contributed by atoms with Gasteiger partial charge >= 0.3 is 10.8 Å². The number of aromatic nitrogens is 1. The van der Waals surface area contributed by atoms with Gasteiger partial charge in [-0.25, -0.2) is 0 Å². The molecule has 156 valence electrons. The number of H-pyrrole nitrogens is 1. The number of nitrogens with one attached hydrogen (secondary N) is 2. The Kier molecular flexibility index (Phi) is 4.63. The molecule has 2 aliphatic heterocycles. The van der Waals surface area contributed by atoms with Gasteiger partial charge < -0.3 is 15.0 Å². The van der Waals surface area contributed by atoms with Crippen LogP contribution in [0, 0.1) is 16.0 Å². The smallest absolute Gasteiger partial charge is 0.317 e. The number of para-hydroxylation sites is 1. The van der Waals surface area contributed by atoms with Crippen molar-refractivity contribution in [1.82, 2.24) is 4.98 Å². The molecule has 0 spiro atoms. The molecule has 11 heteroatoms. The topological polar surface area (TPSA) is 131 Å². The first-order chi connectivity index (χ1) is 14.9. The molecule has 2 aromatic carbocycles. The molecule has 0 bridgehead atoms. The van der Waals surface area contributed by atoms with Crippen LogP contribution in [0.25, 0.3) is 0 Å². The highest BCUT2D eigenvalue weighted by Gasteiger charge is 2.51. The number of esters is 1. The molecule has 1 amide bonds. The van der Waals surface area contributed by atoms with Crippen molar-refractivity contribution in [2.75, 3.05) is 5.32 Å². The Balaban J connectivity index is 1.52. The van der Waals surface area contributed by atoms with Crippen molar-refractivity contribution in [2.24, 2.45) is 5.92 Å². The maximum absolute atomic E-state index is 13.2. The summed E-state index contributed by atoms with van der Waals surface area (Å²) < 4.78 is 5.50. The number of ether oxygens (including phenoxy) is 1. The Labute approximate surface area is 182 Å². The van der Waals surface area contributed by atoms with Gasteiger partial charge in [-0.05, 0) is 18.2 Å². The Morgan fingerprint density at radius 2 is 1.87 bits per heavy atom. The van der Waals surface area contributed by atoms with Crippen molar-refractivity contribution in [3.8, 4) is 5.75 Å². The average Bonchev–Trinajstić information content (AvgIpc) is 3.13. The summed E-state index contributed by atoms with van der Waals surface area (Å²) in [4.78, 5) is 51.6. The number of aromatic amines is 1. The minimum atomic E-state index is -0.862. The number of rotatable bonds is 3. The number of non-ortho nitro benzene ring substituents is 1. The lowest BCUT2D eigenvalue weighted by molar-refractivity contribution is -0.384. The number of anilines is 1. The molecule has 0 aliphatic carbocycles. The zero-order chi connectivity index (χ0) is 21.7. The van der Waals surface area contributed by atoms with Crippen molar-refractivity contribution in [1.29, 1.82) is 0 Å². The van der Waals surface area contributed by atoms with Crippen LogP contribution in [0.2, 0.25) is 0 Å². The first-order valence-electron chi connectivity index (χ1n) is 9.18. The molecule has 1 aromatic heterocycles. The van der Waals surface area contributed by atoms with Crippen LogP contribution >= 0.6 is 23.1 Å². The fourth-order valence-corrected chi connectivity index (χ4v) is 6.31. The number of nitro benzene ring substituents is 1. The van der Waals surface area contributed by atoms with Gasteiger partial charge in [-0.15, -0.1) is 0 Å². The number of amides is 1. The van der Waals surface area contributed by atoms with Gasteiger partial charge in [0, 0.05) is 34.2 Å². The molecule has 5 rings (SSSR count). The lowest BCUT2D eigenvalue weighted by Crippen LogP contribution is -2.46. The maximum atomic E-state index is 13.2. The van der Waals surface area contributed by atoms with Crippen LogP contribution in [0.5, 0.6) is 5.75 Å². The highest BCUT2D eigenvalue weighted by atomic mass is 32.2. The minimum absolute atomic E-state index is 0.0990. The molecule has 3 atom stereocenters. The molecular formula is C20H13N3O6S2. The van der Waals surface area contributed by atoms with Crippen LogP contribution in [0.4, 0.5) is 11.4 Å². The fraction of sp³-hybridized carbons (Fsp3) is 0.150. The molecule has 3 aromatic rings. The van der Waals surface area contributed by atoms with Gasteiger partial charge in [0.15, 0.2) is 0 Å². The monoisotopic (exact) mass is 455 g/mol. The molecule has 0 fully saturated rings. The Hall–Kier alpha value is -3.44. The van der Waals surface area contributed by atoms with Crippen molar-refractivity contribution in [2.45, 2.75) is 16.2 Å². The molecule has 0 unspecified atom stereocenters. The lowest BCUT2D eigenvalue weighted by Gasteiger charge is -2.38. The Morgan fingerprint density at radius 1 is 1.13 bits per heavy atom. The predicted octanol–water partition coefficient (Wildman–Crippen LogP) is 3.12. The van der Waals surface area contributed by atoms with E-state index >= 15 is 0 Å². The third kappa shape index (κ3) is 3.31. The number of carbonyl (C=O) groups is 2. The number of hydrogen-bond donors (Lipinski definition) is 2. The number of thiazole rings is 1. The third-order valence-corrected chi connectivity index (χ3v) is 7.61. The third-order valence-electron chi connectivity index (χ3n) is 5.20. The van der Waals surface area contributed by atoms with Crippen molar-refractivity contribution in [3.05, 3.63) is 78.8 Å². The Bertz CT molecular complexity index is 1280. The van der Waals surface area contributed by atoms with E-state index in [1.54, 1.807) is 12.1 Å². The zero-order valence-electron chi connectivity index (χ0n) is 15.6. The van der Waals surface area contributed by atoms with E-state index in [1.807, 2.05) is 12.1 Å². The van der Waals surface area contributed by atoms with Crippen LogP contribution in [-0.2, 0) is 9.59 Å². The van der Waals surface area contributed by atoms with E-state index < -0.39 is 33.9 Å². The van der Waals surface area contributed by atoms with E-state index in [9.17, 15) is 24.5 Å². The largest absolute Gasteiger partial charge is 0.426 e. The minimum Gasteiger partial charge on any atom is -0.426 e. The van der Waals surface area contributed by atoms with Crippen LogP contribution in [0.15, 0.2) is 58.4 Å². The number of hydrogen-bond acceptors (Lipinski definition) is 8. The van der Waals surface area contributed by atoms with Crippen LogP contribution < -0.4 is 14.9 Å². The van der Waals surface area contributed by atoms with E-state index in [0.29, 0.717) is 21.3 Å². The summed E-state index contributed by atoms with van der Waals surface area (Å²) in [6.07, 6.45) is 0. The van der Waals surface area contributed by atoms with Gasteiger partial charge in [0.05, 0.1) is 15.9 Å². The SMILES string of the molecule is O=C1Oc2ccccc2[C@H]2c3sc(=O)[nH]c3S[C@@H](C(=O)Nc3ccc([N+](=O)[O-])cc3)[C@@H]12. The van der Waals surface area contributed by atoms with Gasteiger partial charge in [-0.2, -0.15) is 0 Å². The summed E-state index contributed by atoms with van der Waals surface area (Å²) in [5.74, 6) is -1.88. The quantitative estimate of drug-likeness (QED) is 0.268. The predicted molar refractivity (Wildman–Crippen MR) is 114 cm³/mol. The highest BCUT2D eigenvalue weighted by molar-refractivity contribution is 8.00. The summed E-state index contributed by atoms with van der Waals surface area (Å²) in [5.41, 5.74) is 1.01. The molecule has 9 nitrogen and oxygen atoms in total. The number of benzene rings is 2. The summed E-state index contributed by atoms with van der Waals surface area (Å²) in [6, 6.07) is 12.5. The van der Waals surface area contributed by atoms with Crippen LogP contribution in [0.3, 0.4) is 0 Å². The van der Waals surface area contributed by atoms with E-state index in [-0.39, 0.29) is 10.6 Å². The van der Waals surface area contributed by atoms with E-state index in [2.05, 4.69) is 10.3 Å². The number of thioether (sulfide) groups is 1. The van der Waals surface area contributed by atoms with Gasteiger partial charge in [0.1, 0.15) is 11.0 Å². The van der Waals surface area contributed by atoms with Gasteiger partial charge in [-0.1, -0.05) is 41.3 Å². The van der Waals surface area contributed by atoms with Crippen LogP contribution in [-0.4, -0.2) is 27.0 Å². The highest BCUT2D eigenvalue weighted by Crippen LogP contribution is 2.53. The number of nitrogens with zero attached hydrogens (tertiary/aromatic N) is 1. The number of fused-ring (bicyclic) bond motifs is 5. The van der Waals surface area contributed by atoms with Crippen molar-refractivity contribution in [3.63, 3.8) is 0 Å². The average molecular weight is 455 g/mol. The second-order valence-corrected chi connectivity index (χ2v) is 9.17. The van der Waals surface area contributed by atoms with Gasteiger partial charge in [0.25, 0.3) is 5.69 Å². The second-order valence-electron chi connectivity index (χ2n) is 7.00. The molecule has 0 saturated carbocycles. The molecular weight excluding hydrogens is 442 g/mol. The molecule has 0 radical (unpaired) electrons. The van der Waals surface area contributed by atoms with E-state index in [0.717, 1.165) is 28.7 Å². The molecule has 2 aliphatic rings. The van der Waals surface area contributed by atoms with Crippen LogP contribution in [0.1, 0.15) is 16.4 Å². The van der Waals surface area contributed by atoms with Crippen molar-refractivity contribution < 1.29 is 19.2 Å².